The zero-order chi connectivity index (χ0) is 39.2. The maximum absolute atomic E-state index is 14.5. The Labute approximate surface area is 320 Å². The molecule has 0 radical (unpaired) electrons. The van der Waals surface area contributed by atoms with Crippen molar-refractivity contribution in [1.29, 1.82) is 0 Å². The Morgan fingerprint density at radius 3 is 2.21 bits per heavy atom. The number of hydrogen-bond donors (Lipinski definition) is 0. The van der Waals surface area contributed by atoms with E-state index in [1.807, 2.05) is 56.9 Å². The number of rotatable bonds is 9. The van der Waals surface area contributed by atoms with Gasteiger partial charge in [-0.05, 0) is 99.5 Å². The smallest absolute Gasteiger partial charge is 0.319 e. The summed E-state index contributed by atoms with van der Waals surface area (Å²) in [4.78, 5) is 50.9. The van der Waals surface area contributed by atoms with Crippen molar-refractivity contribution < 1.29 is 33.3 Å². The third kappa shape index (κ3) is 10.7. The van der Waals surface area contributed by atoms with Gasteiger partial charge in [-0.15, -0.1) is 0 Å². The predicted molar refractivity (Wildman–Crippen MR) is 208 cm³/mol. The number of methoxy groups -OCH3 is 1. The molecule has 300 valence electrons. The standard InChI is InChI=1S/C42H70N4O7/c1-13-18-46-26-29(3)25-42(9,50-12)38(53-36-24-34(43(10)11)23-30(4)51-36)31(5)37(47)41(7,8)40(49)52-32(6)35(46)27-44-19-21-45(22-20-44)39(48)33-16-14-28(2)15-17-33/h14-17,29-32,34-36,38H,13,18-27H2,1-12H3/t29-,30-,31+,32+,34+,35+,36+,38-,42-/m1/s1. The Morgan fingerprint density at radius 2 is 1.62 bits per heavy atom. The van der Waals surface area contributed by atoms with Crippen LogP contribution in [0, 0.1) is 24.2 Å². The molecule has 0 saturated carbocycles. The first-order chi connectivity index (χ1) is 24.9. The molecule has 11 nitrogen and oxygen atoms in total. The van der Waals surface area contributed by atoms with Crippen molar-refractivity contribution in [3.63, 3.8) is 0 Å². The van der Waals surface area contributed by atoms with Crippen molar-refractivity contribution in [2.24, 2.45) is 17.3 Å². The third-order valence-electron chi connectivity index (χ3n) is 12.1. The molecule has 0 aromatic heterocycles. The monoisotopic (exact) mass is 743 g/mol. The van der Waals surface area contributed by atoms with Crippen LogP contribution >= 0.6 is 0 Å². The molecule has 1 amide bonds. The van der Waals surface area contributed by atoms with Crippen LogP contribution in [0.25, 0.3) is 0 Å². The first-order valence-electron chi connectivity index (χ1n) is 20.0. The minimum atomic E-state index is -1.42. The van der Waals surface area contributed by atoms with Crippen molar-refractivity contribution in [2.45, 2.75) is 130 Å². The van der Waals surface area contributed by atoms with Crippen molar-refractivity contribution in [3.8, 4) is 0 Å². The lowest BCUT2D eigenvalue weighted by Crippen LogP contribution is -2.57. The summed E-state index contributed by atoms with van der Waals surface area (Å²) in [7, 11) is 5.84. The number of esters is 1. The summed E-state index contributed by atoms with van der Waals surface area (Å²) in [5.74, 6) is -1.23. The fourth-order valence-corrected chi connectivity index (χ4v) is 8.73. The van der Waals surface area contributed by atoms with E-state index in [4.69, 9.17) is 18.9 Å². The lowest BCUT2D eigenvalue weighted by atomic mass is 9.74. The molecule has 0 aliphatic carbocycles. The zero-order valence-electron chi connectivity index (χ0n) is 34.9. The predicted octanol–water partition coefficient (Wildman–Crippen LogP) is 5.28. The van der Waals surface area contributed by atoms with E-state index in [0.717, 1.165) is 44.6 Å². The molecule has 1 aromatic rings. The van der Waals surface area contributed by atoms with Gasteiger partial charge in [0, 0.05) is 70.3 Å². The number of ether oxygens (including phenoxy) is 4. The summed E-state index contributed by atoms with van der Waals surface area (Å²) in [6.07, 6.45) is 1.49. The number of carbonyl (C=O) groups excluding carboxylic acids is 3. The van der Waals surface area contributed by atoms with E-state index >= 15 is 0 Å². The fourth-order valence-electron chi connectivity index (χ4n) is 8.73. The number of nitrogens with zero attached hydrogens (tertiary/aromatic N) is 4. The van der Waals surface area contributed by atoms with E-state index in [-0.39, 0.29) is 35.8 Å². The maximum atomic E-state index is 14.5. The van der Waals surface area contributed by atoms with Crippen LogP contribution in [-0.2, 0) is 28.5 Å². The van der Waals surface area contributed by atoms with E-state index in [2.05, 4.69) is 49.6 Å². The van der Waals surface area contributed by atoms with Gasteiger partial charge in [-0.25, -0.2) is 0 Å². The summed E-state index contributed by atoms with van der Waals surface area (Å²) in [5.41, 5.74) is -0.425. The number of piperazine rings is 1. The van der Waals surface area contributed by atoms with Crippen LogP contribution in [0.3, 0.4) is 0 Å². The van der Waals surface area contributed by atoms with Crippen molar-refractivity contribution in [3.05, 3.63) is 35.4 Å². The maximum Gasteiger partial charge on any atom is 0.319 e. The molecule has 3 saturated heterocycles. The first-order valence-corrected chi connectivity index (χ1v) is 20.0. The first kappa shape index (κ1) is 43.3. The van der Waals surface area contributed by atoms with Crippen molar-refractivity contribution in [1.82, 2.24) is 19.6 Å². The molecule has 3 fully saturated rings. The van der Waals surface area contributed by atoms with E-state index in [9.17, 15) is 14.4 Å². The van der Waals surface area contributed by atoms with Gasteiger partial charge < -0.3 is 28.7 Å². The molecule has 11 heteroatoms. The Kier molecular flexibility index (Phi) is 15.1. The highest BCUT2D eigenvalue weighted by Gasteiger charge is 2.51. The number of Topliss-reactive ketones (excluding diaryl/α,β-unsaturated/α-hetero) is 1. The quantitative estimate of drug-likeness (QED) is 0.246. The number of aryl methyl sites for hydroxylation is 1. The molecule has 0 unspecified atom stereocenters. The van der Waals surface area contributed by atoms with Gasteiger partial charge in [0.05, 0.1) is 23.9 Å². The lowest BCUT2D eigenvalue weighted by molar-refractivity contribution is -0.263. The molecule has 0 spiro atoms. The Balaban J connectivity index is 1.60. The Bertz CT molecular complexity index is 1360. The minimum absolute atomic E-state index is 0.00117. The molecule has 0 N–H and O–H groups in total. The molecule has 3 aliphatic heterocycles. The average Bonchev–Trinajstić information content (AvgIpc) is 3.11. The molecule has 3 aliphatic rings. The van der Waals surface area contributed by atoms with E-state index in [1.54, 1.807) is 21.0 Å². The zero-order valence-corrected chi connectivity index (χ0v) is 34.9. The van der Waals surface area contributed by atoms with Gasteiger partial charge in [0.2, 0.25) is 0 Å². The molecule has 9 atom stereocenters. The van der Waals surface area contributed by atoms with Gasteiger partial charge in [0.15, 0.2) is 12.1 Å². The molecular formula is C42H70N4O7. The molecule has 1 aromatic carbocycles. The highest BCUT2D eigenvalue weighted by atomic mass is 16.7. The average molecular weight is 743 g/mol. The summed E-state index contributed by atoms with van der Waals surface area (Å²) in [5, 5.41) is 0. The van der Waals surface area contributed by atoms with Crippen LogP contribution in [0.5, 0.6) is 0 Å². The normalized spacial score (nSPS) is 34.2. The molecule has 4 rings (SSSR count). The van der Waals surface area contributed by atoms with Gasteiger partial charge in [0.1, 0.15) is 11.5 Å². The summed E-state index contributed by atoms with van der Waals surface area (Å²) in [6.45, 7) is 22.7. The van der Waals surface area contributed by atoms with Gasteiger partial charge in [0.25, 0.3) is 5.91 Å². The van der Waals surface area contributed by atoms with Crippen molar-refractivity contribution >= 4 is 17.7 Å². The van der Waals surface area contributed by atoms with Crippen LogP contribution in [0.2, 0.25) is 0 Å². The minimum Gasteiger partial charge on any atom is -0.460 e. The largest absolute Gasteiger partial charge is 0.460 e. The van der Waals surface area contributed by atoms with Crippen LogP contribution in [0.4, 0.5) is 0 Å². The number of benzene rings is 1. The van der Waals surface area contributed by atoms with Gasteiger partial charge in [-0.3, -0.25) is 24.2 Å². The van der Waals surface area contributed by atoms with Crippen molar-refractivity contribution in [2.75, 3.05) is 67.0 Å². The molecular weight excluding hydrogens is 672 g/mol. The van der Waals surface area contributed by atoms with E-state index < -0.39 is 41.4 Å². The van der Waals surface area contributed by atoms with Crippen LogP contribution in [0.1, 0.15) is 97.0 Å². The second kappa shape index (κ2) is 18.5. The second-order valence-electron chi connectivity index (χ2n) is 17.3. The summed E-state index contributed by atoms with van der Waals surface area (Å²) in [6, 6.07) is 7.91. The number of amides is 1. The Morgan fingerprint density at radius 1 is 0.981 bits per heavy atom. The molecule has 53 heavy (non-hydrogen) atoms. The summed E-state index contributed by atoms with van der Waals surface area (Å²) < 4.78 is 25.9. The topological polar surface area (TPSA) is 101 Å². The number of cyclic esters (lactones) is 1. The van der Waals surface area contributed by atoms with Crippen LogP contribution in [0.15, 0.2) is 24.3 Å². The van der Waals surface area contributed by atoms with Crippen LogP contribution < -0.4 is 0 Å². The highest BCUT2D eigenvalue weighted by molar-refractivity contribution is 6.04. The Hall–Kier alpha value is -2.41. The molecule has 0 bridgehead atoms. The number of carbonyl (C=O) groups is 3. The summed E-state index contributed by atoms with van der Waals surface area (Å²) >= 11 is 0. The highest BCUT2D eigenvalue weighted by Crippen LogP contribution is 2.38. The second-order valence-corrected chi connectivity index (χ2v) is 17.3. The number of hydrogen-bond acceptors (Lipinski definition) is 10. The number of ketones is 1. The van der Waals surface area contributed by atoms with E-state index in [1.165, 1.54) is 0 Å². The van der Waals surface area contributed by atoms with Gasteiger partial charge in [-0.2, -0.15) is 0 Å². The fraction of sp³-hybridized carbons (Fsp3) is 0.786. The van der Waals surface area contributed by atoms with Gasteiger partial charge in [-0.1, -0.05) is 38.5 Å². The SMILES string of the molecule is CCCN1C[C@H](C)C[C@@](C)(OC)[C@H](O[C@H]2C[C@@H](N(C)C)C[C@@H](C)O2)[C@@H](C)C(=O)C(C)(C)C(=O)O[C@@H](C)[C@@H]1CN1CCN(C(=O)c2ccc(C)cc2)CC1. The lowest BCUT2D eigenvalue weighted by Gasteiger charge is -2.46. The van der Waals surface area contributed by atoms with Gasteiger partial charge >= 0.3 is 5.97 Å². The van der Waals surface area contributed by atoms with Crippen LogP contribution in [-0.4, -0.2) is 147 Å². The van der Waals surface area contributed by atoms with E-state index in [0.29, 0.717) is 38.0 Å². The third-order valence-corrected chi connectivity index (χ3v) is 12.1. The molecule has 3 heterocycles.